The number of ether oxygens (including phenoxy) is 4. The molecule has 0 radical (unpaired) electrons. The standard InChI is InChI=1S/C27H41NO7/c1-5-8-21-13-22(31-4)11-18(2)12-23-14-24(15-25(33-23)16-27(30)34-21)35-26(29)10-7-6-9-20-17-32-19(3)28-20/h7,10,17-18,21-25H,5-6,8-9,11-16H2,1-4H3/b10-7-/t18-,21-,22-,23-,24+,25-/m0/s1. The molecule has 8 nitrogen and oxygen atoms in total. The minimum Gasteiger partial charge on any atom is -0.462 e. The number of cyclic esters (lactones) is 1. The molecule has 0 N–H and O–H groups in total. The number of oxazole rings is 1. The molecule has 0 aliphatic carbocycles. The van der Waals surface area contributed by atoms with Crippen LogP contribution in [-0.4, -0.2) is 54.6 Å². The van der Waals surface area contributed by atoms with Crippen LogP contribution in [0.3, 0.4) is 0 Å². The predicted octanol–water partition coefficient (Wildman–Crippen LogP) is 4.87. The maximum absolute atomic E-state index is 12.7. The third-order valence-electron chi connectivity index (χ3n) is 6.70. The quantitative estimate of drug-likeness (QED) is 0.375. The van der Waals surface area contributed by atoms with Gasteiger partial charge in [-0.15, -0.1) is 0 Å². The van der Waals surface area contributed by atoms with Crippen LogP contribution in [0, 0.1) is 12.8 Å². The van der Waals surface area contributed by atoms with Gasteiger partial charge in [-0.3, -0.25) is 4.79 Å². The highest BCUT2D eigenvalue weighted by Crippen LogP contribution is 2.31. The van der Waals surface area contributed by atoms with Gasteiger partial charge in [-0.2, -0.15) is 0 Å². The Morgan fingerprint density at radius 1 is 1.17 bits per heavy atom. The lowest BCUT2D eigenvalue weighted by Gasteiger charge is -2.37. The number of esters is 2. The first-order valence-corrected chi connectivity index (χ1v) is 13.0. The Morgan fingerprint density at radius 3 is 2.69 bits per heavy atom. The van der Waals surface area contributed by atoms with E-state index < -0.39 is 0 Å². The number of hydrogen-bond donors (Lipinski definition) is 0. The van der Waals surface area contributed by atoms with Crippen molar-refractivity contribution in [3.05, 3.63) is 30.0 Å². The third kappa shape index (κ3) is 9.41. The van der Waals surface area contributed by atoms with E-state index in [9.17, 15) is 9.59 Å². The number of fused-ring (bicyclic) bond motifs is 2. The second kappa shape index (κ2) is 13.8. The summed E-state index contributed by atoms with van der Waals surface area (Å²) in [6, 6.07) is 0. The molecule has 1 aromatic heterocycles. The molecular weight excluding hydrogens is 450 g/mol. The van der Waals surface area contributed by atoms with Crippen molar-refractivity contribution in [3.63, 3.8) is 0 Å². The zero-order valence-electron chi connectivity index (χ0n) is 21.6. The van der Waals surface area contributed by atoms with Crippen LogP contribution in [0.2, 0.25) is 0 Å². The summed E-state index contributed by atoms with van der Waals surface area (Å²) in [4.78, 5) is 29.4. The number of methoxy groups -OCH3 is 1. The maximum atomic E-state index is 12.7. The van der Waals surface area contributed by atoms with Crippen LogP contribution in [0.25, 0.3) is 0 Å². The summed E-state index contributed by atoms with van der Waals surface area (Å²) in [6.45, 7) is 6.09. The number of allylic oxidation sites excluding steroid dienone is 1. The fraction of sp³-hybridized carbons (Fsp3) is 0.741. The summed E-state index contributed by atoms with van der Waals surface area (Å²) in [5, 5.41) is 0. The lowest BCUT2D eigenvalue weighted by Crippen LogP contribution is -2.41. The Hall–Kier alpha value is -2.19. The molecule has 2 saturated heterocycles. The molecular formula is C27H41NO7. The highest BCUT2D eigenvalue weighted by molar-refractivity contribution is 5.82. The van der Waals surface area contributed by atoms with E-state index in [1.807, 2.05) is 0 Å². The van der Waals surface area contributed by atoms with Crippen molar-refractivity contribution in [2.75, 3.05) is 7.11 Å². The number of carbonyl (C=O) groups is 2. The van der Waals surface area contributed by atoms with E-state index in [1.165, 1.54) is 6.08 Å². The van der Waals surface area contributed by atoms with Crippen LogP contribution >= 0.6 is 0 Å². The lowest BCUT2D eigenvalue weighted by atomic mass is 9.89. The van der Waals surface area contributed by atoms with Gasteiger partial charge in [0.1, 0.15) is 18.5 Å². The lowest BCUT2D eigenvalue weighted by molar-refractivity contribution is -0.168. The molecule has 2 aliphatic rings. The molecule has 0 saturated carbocycles. The van der Waals surface area contributed by atoms with E-state index in [1.54, 1.807) is 26.4 Å². The molecule has 3 heterocycles. The molecule has 2 aliphatic heterocycles. The Bertz CT molecular complexity index is 835. The predicted molar refractivity (Wildman–Crippen MR) is 130 cm³/mol. The first-order valence-electron chi connectivity index (χ1n) is 13.0. The molecule has 1 aromatic rings. The zero-order valence-corrected chi connectivity index (χ0v) is 21.6. The number of hydrogen-bond acceptors (Lipinski definition) is 8. The SMILES string of the molecule is CCC[C@H]1C[C@@H](OC)C[C@H](C)C[C@H]2C[C@@H](OC(=O)/C=C\CCc3coc(C)n3)C[C@@H](CC(=O)O1)O2. The van der Waals surface area contributed by atoms with E-state index in [0.29, 0.717) is 37.5 Å². The van der Waals surface area contributed by atoms with Crippen molar-refractivity contribution >= 4 is 11.9 Å². The van der Waals surface area contributed by atoms with Gasteiger partial charge in [-0.05, 0) is 38.0 Å². The van der Waals surface area contributed by atoms with E-state index in [0.717, 1.165) is 37.8 Å². The van der Waals surface area contributed by atoms with Crippen LogP contribution in [-0.2, 0) is 35.0 Å². The van der Waals surface area contributed by atoms with Crippen LogP contribution in [0.1, 0.15) is 83.2 Å². The largest absolute Gasteiger partial charge is 0.462 e. The highest BCUT2D eigenvalue weighted by atomic mass is 16.6. The summed E-state index contributed by atoms with van der Waals surface area (Å²) < 4.78 is 28.7. The fourth-order valence-corrected chi connectivity index (χ4v) is 5.13. The van der Waals surface area contributed by atoms with Crippen molar-refractivity contribution in [2.45, 2.75) is 115 Å². The Morgan fingerprint density at radius 2 is 1.97 bits per heavy atom. The molecule has 3 rings (SSSR count). The molecule has 8 heteroatoms. The first kappa shape index (κ1) is 27.4. The van der Waals surface area contributed by atoms with Crippen molar-refractivity contribution in [2.24, 2.45) is 5.92 Å². The summed E-state index contributed by atoms with van der Waals surface area (Å²) in [5.74, 6) is 0.378. The van der Waals surface area contributed by atoms with Crippen molar-refractivity contribution in [1.82, 2.24) is 4.98 Å². The van der Waals surface area contributed by atoms with E-state index in [4.69, 9.17) is 23.4 Å². The molecule has 196 valence electrons. The van der Waals surface area contributed by atoms with Gasteiger partial charge in [0.15, 0.2) is 5.89 Å². The summed E-state index contributed by atoms with van der Waals surface area (Å²) in [5.41, 5.74) is 0.863. The third-order valence-corrected chi connectivity index (χ3v) is 6.70. The van der Waals surface area contributed by atoms with E-state index >= 15 is 0 Å². The second-order valence-corrected chi connectivity index (χ2v) is 9.98. The van der Waals surface area contributed by atoms with Gasteiger partial charge in [0, 0.05) is 39.4 Å². The van der Waals surface area contributed by atoms with E-state index in [2.05, 4.69) is 18.8 Å². The second-order valence-electron chi connectivity index (χ2n) is 9.98. The van der Waals surface area contributed by atoms with Gasteiger partial charge in [-0.1, -0.05) is 26.3 Å². The van der Waals surface area contributed by atoms with Crippen LogP contribution in [0.15, 0.2) is 22.8 Å². The number of rotatable bonds is 8. The van der Waals surface area contributed by atoms with Gasteiger partial charge in [0.2, 0.25) is 0 Å². The molecule has 0 spiro atoms. The molecule has 0 unspecified atom stereocenters. The summed E-state index contributed by atoms with van der Waals surface area (Å²) in [7, 11) is 1.72. The van der Waals surface area contributed by atoms with Crippen LogP contribution in [0.5, 0.6) is 0 Å². The Kier molecular flexibility index (Phi) is 10.8. The average molecular weight is 492 g/mol. The molecule has 35 heavy (non-hydrogen) atoms. The Labute approximate surface area is 208 Å². The number of aromatic nitrogens is 1. The minimum absolute atomic E-state index is 0.0353. The average Bonchev–Trinajstić information content (AvgIpc) is 3.20. The molecule has 0 amide bonds. The van der Waals surface area contributed by atoms with Gasteiger partial charge in [-0.25, -0.2) is 9.78 Å². The fourth-order valence-electron chi connectivity index (χ4n) is 5.13. The molecule has 2 bridgehead atoms. The maximum Gasteiger partial charge on any atom is 0.330 e. The molecule has 0 aromatic carbocycles. The minimum atomic E-state index is -0.370. The molecule has 2 fully saturated rings. The smallest absolute Gasteiger partial charge is 0.330 e. The van der Waals surface area contributed by atoms with E-state index in [-0.39, 0.29) is 48.9 Å². The van der Waals surface area contributed by atoms with Crippen molar-refractivity contribution in [3.8, 4) is 0 Å². The summed E-state index contributed by atoms with van der Waals surface area (Å²) >= 11 is 0. The number of carbonyl (C=O) groups excluding carboxylic acids is 2. The van der Waals surface area contributed by atoms with Gasteiger partial charge >= 0.3 is 11.9 Å². The van der Waals surface area contributed by atoms with Crippen molar-refractivity contribution in [1.29, 1.82) is 0 Å². The normalized spacial score (nSPS) is 30.3. The molecule has 6 atom stereocenters. The van der Waals surface area contributed by atoms with Crippen LogP contribution in [0.4, 0.5) is 0 Å². The summed E-state index contributed by atoms with van der Waals surface area (Å²) in [6.07, 6.45) is 11.0. The van der Waals surface area contributed by atoms with Gasteiger partial charge in [0.05, 0.1) is 30.4 Å². The topological polar surface area (TPSA) is 97.1 Å². The van der Waals surface area contributed by atoms with Gasteiger partial charge < -0.3 is 23.4 Å². The van der Waals surface area contributed by atoms with Crippen LogP contribution < -0.4 is 0 Å². The number of aryl methyl sites for hydroxylation is 2. The highest BCUT2D eigenvalue weighted by Gasteiger charge is 2.35. The van der Waals surface area contributed by atoms with Crippen molar-refractivity contribution < 1.29 is 33.0 Å². The van der Waals surface area contributed by atoms with Gasteiger partial charge in [0.25, 0.3) is 0 Å². The number of nitrogens with zero attached hydrogens (tertiary/aromatic N) is 1. The zero-order chi connectivity index (χ0) is 25.2. The first-order chi connectivity index (χ1) is 16.8. The monoisotopic (exact) mass is 491 g/mol. The Balaban J connectivity index is 1.58.